The third-order valence-electron chi connectivity index (χ3n) is 5.43. The maximum Gasteiger partial charge on any atom is 0.271 e. The van der Waals surface area contributed by atoms with E-state index >= 15 is 0 Å². The van der Waals surface area contributed by atoms with Crippen LogP contribution in [0.2, 0.25) is 0 Å². The molecule has 1 saturated heterocycles. The number of amides is 2. The Morgan fingerprint density at radius 2 is 1.75 bits per heavy atom. The molecule has 9 heteroatoms. The molecule has 0 unspecified atom stereocenters. The molecular weight excluding hydrogens is 478 g/mol. The number of nitro benzene ring substituents is 1. The van der Waals surface area contributed by atoms with Gasteiger partial charge in [0.25, 0.3) is 17.5 Å². The van der Waals surface area contributed by atoms with Crippen LogP contribution in [-0.4, -0.2) is 41.8 Å². The number of halogens is 1. The van der Waals surface area contributed by atoms with E-state index < -0.39 is 10.8 Å². The van der Waals surface area contributed by atoms with Gasteiger partial charge in [0.15, 0.2) is 0 Å². The van der Waals surface area contributed by atoms with Gasteiger partial charge in [-0.3, -0.25) is 19.7 Å². The summed E-state index contributed by atoms with van der Waals surface area (Å²) in [7, 11) is 1.53. The lowest BCUT2D eigenvalue weighted by Gasteiger charge is -2.31. The molecule has 0 radical (unpaired) electrons. The maximum absolute atomic E-state index is 13.4. The molecule has 0 bridgehead atoms. The van der Waals surface area contributed by atoms with E-state index in [4.69, 9.17) is 4.74 Å². The molecule has 2 aromatic carbocycles. The average Bonchev–Trinajstić information content (AvgIpc) is 2.82. The Morgan fingerprint density at radius 3 is 2.34 bits per heavy atom. The highest BCUT2D eigenvalue weighted by atomic mass is 79.9. The van der Waals surface area contributed by atoms with Gasteiger partial charge in [0.1, 0.15) is 11.4 Å². The third-order valence-corrected chi connectivity index (χ3v) is 6.25. The van der Waals surface area contributed by atoms with Crippen LogP contribution in [0.5, 0.6) is 5.75 Å². The Hall–Kier alpha value is -3.20. The van der Waals surface area contributed by atoms with Crippen molar-refractivity contribution in [1.29, 1.82) is 0 Å². The molecule has 0 aliphatic carbocycles. The van der Waals surface area contributed by atoms with E-state index in [2.05, 4.69) is 28.2 Å². The zero-order valence-electron chi connectivity index (χ0n) is 17.8. The Morgan fingerprint density at radius 1 is 1.12 bits per heavy atom. The summed E-state index contributed by atoms with van der Waals surface area (Å²) in [6.45, 7) is 3.35. The number of carbonyl (C=O) groups is 2. The van der Waals surface area contributed by atoms with E-state index in [0.29, 0.717) is 34.8 Å². The summed E-state index contributed by atoms with van der Waals surface area (Å²) in [4.78, 5) is 38.4. The Kier molecular flexibility index (Phi) is 7.63. The number of ether oxygens (including phenoxy) is 1. The second kappa shape index (κ2) is 10.4. The third kappa shape index (κ3) is 5.34. The van der Waals surface area contributed by atoms with E-state index in [0.717, 1.165) is 12.8 Å². The summed E-state index contributed by atoms with van der Waals surface area (Å²) in [5.41, 5.74) is 0.791. The number of non-ortho nitro benzene ring substituents is 1. The molecule has 1 heterocycles. The van der Waals surface area contributed by atoms with Gasteiger partial charge in [-0.05, 0) is 52.9 Å². The molecule has 3 rings (SSSR count). The average molecular weight is 502 g/mol. The van der Waals surface area contributed by atoms with Crippen molar-refractivity contribution in [3.05, 3.63) is 75.5 Å². The number of nitrogens with one attached hydrogen (secondary N) is 1. The molecule has 1 aliphatic rings. The summed E-state index contributed by atoms with van der Waals surface area (Å²) in [5, 5.41) is 13.6. The van der Waals surface area contributed by atoms with Crippen molar-refractivity contribution in [2.75, 3.05) is 20.2 Å². The second-order valence-corrected chi connectivity index (χ2v) is 8.42. The summed E-state index contributed by atoms with van der Waals surface area (Å²) in [5.74, 6) is 0.241. The molecule has 2 amide bonds. The predicted molar refractivity (Wildman–Crippen MR) is 124 cm³/mol. The Labute approximate surface area is 194 Å². The molecule has 0 spiro atoms. The number of likely N-dealkylation sites (tertiary alicyclic amines) is 1. The van der Waals surface area contributed by atoms with Crippen molar-refractivity contribution in [3.63, 3.8) is 0 Å². The molecular formula is C23H24BrN3O5. The van der Waals surface area contributed by atoms with Crippen molar-refractivity contribution in [2.45, 2.75) is 19.8 Å². The van der Waals surface area contributed by atoms with E-state index in [9.17, 15) is 19.7 Å². The van der Waals surface area contributed by atoms with Crippen molar-refractivity contribution >= 4 is 37.9 Å². The van der Waals surface area contributed by atoms with Crippen molar-refractivity contribution in [1.82, 2.24) is 10.2 Å². The number of rotatable bonds is 6. The van der Waals surface area contributed by atoms with Gasteiger partial charge in [0, 0.05) is 36.3 Å². The summed E-state index contributed by atoms with van der Waals surface area (Å²) < 4.78 is 5.81. The first kappa shape index (κ1) is 23.5. The predicted octanol–water partition coefficient (Wildman–Crippen LogP) is 4.36. The number of para-hydroxylation sites is 1. The lowest BCUT2D eigenvalue weighted by molar-refractivity contribution is -0.384. The lowest BCUT2D eigenvalue weighted by Crippen LogP contribution is -2.42. The summed E-state index contributed by atoms with van der Waals surface area (Å²) >= 11 is 3.50. The van der Waals surface area contributed by atoms with E-state index in [1.807, 2.05) is 12.1 Å². The summed E-state index contributed by atoms with van der Waals surface area (Å²) in [6, 6.07) is 12.4. The van der Waals surface area contributed by atoms with Gasteiger partial charge in [-0.2, -0.15) is 0 Å². The largest absolute Gasteiger partial charge is 0.496 e. The number of hydrogen-bond acceptors (Lipinski definition) is 5. The summed E-state index contributed by atoms with van der Waals surface area (Å²) in [6.07, 6.45) is 1.78. The van der Waals surface area contributed by atoms with E-state index in [1.54, 1.807) is 17.0 Å². The van der Waals surface area contributed by atoms with Crippen molar-refractivity contribution < 1.29 is 19.2 Å². The highest BCUT2D eigenvalue weighted by Gasteiger charge is 2.27. The number of nitro groups is 1. The second-order valence-electron chi connectivity index (χ2n) is 7.62. The van der Waals surface area contributed by atoms with Crippen LogP contribution in [0.3, 0.4) is 0 Å². The fourth-order valence-corrected chi connectivity index (χ4v) is 4.05. The van der Waals surface area contributed by atoms with Crippen LogP contribution in [0.1, 0.15) is 35.7 Å². The Balaban J connectivity index is 1.97. The standard InChI is InChI=1S/C23H24BrN3O5/c1-15-11-13-26(14-12-15)23(29)21(20(24)18-5-3-4-6-19(18)32-2)25-22(28)16-7-9-17(10-8-16)27(30)31/h3-10,15H,11-14H2,1-2H3,(H,25,28). The zero-order valence-corrected chi connectivity index (χ0v) is 19.4. The molecule has 1 aliphatic heterocycles. The van der Waals surface area contributed by atoms with Crippen LogP contribution >= 0.6 is 15.9 Å². The Bertz CT molecular complexity index is 1040. The first-order valence-corrected chi connectivity index (χ1v) is 11.0. The van der Waals surface area contributed by atoms with Crippen molar-refractivity contribution in [2.24, 2.45) is 5.92 Å². The minimum Gasteiger partial charge on any atom is -0.496 e. The zero-order chi connectivity index (χ0) is 23.3. The van der Waals surface area contributed by atoms with Gasteiger partial charge in [-0.25, -0.2) is 0 Å². The fraction of sp³-hybridized carbons (Fsp3) is 0.304. The topological polar surface area (TPSA) is 102 Å². The SMILES string of the molecule is COc1ccccc1C(Br)=C(NC(=O)c1ccc([N+](=O)[O-])cc1)C(=O)N1CCC(C)CC1. The van der Waals surface area contributed by atoms with Gasteiger partial charge in [0.2, 0.25) is 0 Å². The van der Waals surface area contributed by atoms with Crippen LogP contribution in [-0.2, 0) is 4.79 Å². The van der Waals surface area contributed by atoms with Gasteiger partial charge in [0.05, 0.1) is 16.5 Å². The first-order valence-electron chi connectivity index (χ1n) is 10.2. The monoisotopic (exact) mass is 501 g/mol. The minimum atomic E-state index is -0.541. The normalized spacial score (nSPS) is 15.0. The number of hydrogen-bond donors (Lipinski definition) is 1. The highest BCUT2D eigenvalue weighted by Crippen LogP contribution is 2.33. The molecule has 2 aromatic rings. The fourth-order valence-electron chi connectivity index (χ4n) is 3.45. The number of benzene rings is 2. The van der Waals surface area contributed by atoms with Crippen molar-refractivity contribution in [3.8, 4) is 5.75 Å². The lowest BCUT2D eigenvalue weighted by atomic mass is 9.99. The van der Waals surface area contributed by atoms with Crippen LogP contribution in [0.15, 0.2) is 54.2 Å². The minimum absolute atomic E-state index is 0.0902. The van der Waals surface area contributed by atoms with Gasteiger partial charge in [-0.15, -0.1) is 0 Å². The van der Waals surface area contributed by atoms with Gasteiger partial charge >= 0.3 is 0 Å². The first-order chi connectivity index (χ1) is 15.3. The molecule has 0 saturated carbocycles. The van der Waals surface area contributed by atoms with E-state index in [1.165, 1.54) is 31.4 Å². The van der Waals surface area contributed by atoms with Crippen LogP contribution in [0.25, 0.3) is 4.48 Å². The van der Waals surface area contributed by atoms with Crippen LogP contribution in [0, 0.1) is 16.0 Å². The molecule has 32 heavy (non-hydrogen) atoms. The molecule has 1 fully saturated rings. The van der Waals surface area contributed by atoms with Gasteiger partial charge in [-0.1, -0.05) is 25.1 Å². The number of piperidine rings is 1. The highest BCUT2D eigenvalue weighted by molar-refractivity contribution is 9.15. The molecule has 0 aromatic heterocycles. The van der Waals surface area contributed by atoms with Gasteiger partial charge < -0.3 is 15.0 Å². The number of nitrogens with zero attached hydrogens (tertiary/aromatic N) is 2. The maximum atomic E-state index is 13.4. The molecule has 8 nitrogen and oxygen atoms in total. The molecule has 168 valence electrons. The number of carbonyl (C=O) groups excluding carboxylic acids is 2. The number of methoxy groups -OCH3 is 1. The smallest absolute Gasteiger partial charge is 0.271 e. The van der Waals surface area contributed by atoms with E-state index in [-0.39, 0.29) is 22.9 Å². The van der Waals surface area contributed by atoms with Crippen LogP contribution in [0.4, 0.5) is 5.69 Å². The molecule has 0 atom stereocenters. The molecule has 1 N–H and O–H groups in total. The quantitative estimate of drug-likeness (QED) is 0.360. The van der Waals surface area contributed by atoms with Crippen LogP contribution < -0.4 is 10.1 Å².